The average molecular weight is 311 g/mol. The van der Waals surface area contributed by atoms with Crippen LogP contribution in [0.25, 0.3) is 0 Å². The molecule has 1 aromatic carbocycles. The van der Waals surface area contributed by atoms with E-state index in [2.05, 4.69) is 14.9 Å². The number of H-pyrrole nitrogens is 1. The summed E-state index contributed by atoms with van der Waals surface area (Å²) >= 11 is 0. The number of nitrogens with zero attached hydrogens (tertiary/aromatic N) is 1. The highest BCUT2D eigenvalue weighted by molar-refractivity contribution is 7.89. The Morgan fingerprint density at radius 2 is 1.90 bits per heavy atom. The van der Waals surface area contributed by atoms with E-state index in [0.717, 1.165) is 0 Å². The lowest BCUT2D eigenvalue weighted by Crippen LogP contribution is -2.24. The molecule has 1 heterocycles. The molecule has 0 unspecified atom stereocenters. The Labute approximate surface area is 123 Å². The Hall–Kier alpha value is -2.06. The van der Waals surface area contributed by atoms with Crippen LogP contribution < -0.4 is 14.2 Å². The molecule has 2 N–H and O–H groups in total. The molecule has 0 aliphatic carbocycles. The first kappa shape index (κ1) is 15.3. The van der Waals surface area contributed by atoms with Crippen molar-refractivity contribution in [3.63, 3.8) is 0 Å². The van der Waals surface area contributed by atoms with E-state index < -0.39 is 10.0 Å². The van der Waals surface area contributed by atoms with Gasteiger partial charge in [-0.1, -0.05) is 0 Å². The lowest BCUT2D eigenvalue weighted by atomic mass is 10.2. The van der Waals surface area contributed by atoms with Gasteiger partial charge in [-0.2, -0.15) is 5.10 Å². The van der Waals surface area contributed by atoms with Gasteiger partial charge in [0, 0.05) is 12.3 Å². The summed E-state index contributed by atoms with van der Waals surface area (Å²) in [5, 5.41) is 6.46. The normalized spacial score (nSPS) is 11.4. The van der Waals surface area contributed by atoms with Crippen molar-refractivity contribution in [1.82, 2.24) is 14.9 Å². The van der Waals surface area contributed by atoms with E-state index >= 15 is 0 Å². The van der Waals surface area contributed by atoms with Gasteiger partial charge >= 0.3 is 0 Å². The van der Waals surface area contributed by atoms with Gasteiger partial charge in [0.2, 0.25) is 10.0 Å². The van der Waals surface area contributed by atoms with Gasteiger partial charge in [0.25, 0.3) is 0 Å². The summed E-state index contributed by atoms with van der Waals surface area (Å²) in [6, 6.07) is 4.77. The van der Waals surface area contributed by atoms with Crippen LogP contribution in [0.1, 0.15) is 11.3 Å². The average Bonchev–Trinajstić information content (AvgIpc) is 2.98. The van der Waals surface area contributed by atoms with Crippen LogP contribution in [0.4, 0.5) is 0 Å². The molecule has 7 nitrogen and oxygen atoms in total. The van der Waals surface area contributed by atoms with E-state index in [1.807, 2.05) is 0 Å². The third kappa shape index (κ3) is 3.34. The Kier molecular flexibility index (Phi) is 4.49. The standard InChI is InChI=1S/C13H17N3O4S/c1-9-6-11(19-2)12(20-3)7-13(9)21(17,18)15-8-10-4-5-14-16-10/h4-7,15H,8H2,1-3H3,(H,14,16). The Balaban J connectivity index is 2.31. The smallest absolute Gasteiger partial charge is 0.241 e. The molecule has 0 fully saturated rings. The maximum atomic E-state index is 12.4. The third-order valence-corrected chi connectivity index (χ3v) is 4.52. The lowest BCUT2D eigenvalue weighted by Gasteiger charge is -2.13. The molecule has 0 radical (unpaired) electrons. The van der Waals surface area contributed by atoms with Crippen molar-refractivity contribution in [3.8, 4) is 11.5 Å². The fourth-order valence-electron chi connectivity index (χ4n) is 1.89. The molecule has 0 aliphatic rings. The minimum atomic E-state index is -3.66. The molecule has 0 aliphatic heterocycles. The molecule has 0 atom stereocenters. The SMILES string of the molecule is COc1cc(C)c(S(=O)(=O)NCc2ccn[nH]2)cc1OC. The van der Waals surface area contributed by atoms with Crippen LogP contribution in [-0.2, 0) is 16.6 Å². The Morgan fingerprint density at radius 1 is 1.24 bits per heavy atom. The van der Waals surface area contributed by atoms with Gasteiger partial charge < -0.3 is 9.47 Å². The number of rotatable bonds is 6. The molecule has 21 heavy (non-hydrogen) atoms. The summed E-state index contributed by atoms with van der Waals surface area (Å²) in [4.78, 5) is 0.152. The molecule has 2 aromatic rings. The number of ether oxygens (including phenoxy) is 2. The second-order valence-corrected chi connectivity index (χ2v) is 6.11. The fraction of sp³-hybridized carbons (Fsp3) is 0.308. The second kappa shape index (κ2) is 6.15. The van der Waals surface area contributed by atoms with E-state index in [0.29, 0.717) is 22.8 Å². The fourth-order valence-corrected chi connectivity index (χ4v) is 3.13. The highest BCUT2D eigenvalue weighted by Gasteiger charge is 2.20. The molecular formula is C13H17N3O4S. The Morgan fingerprint density at radius 3 is 2.48 bits per heavy atom. The predicted molar refractivity (Wildman–Crippen MR) is 76.9 cm³/mol. The van der Waals surface area contributed by atoms with Crippen molar-refractivity contribution in [3.05, 3.63) is 35.7 Å². The number of aromatic amines is 1. The number of aromatic nitrogens is 2. The molecule has 8 heteroatoms. The maximum Gasteiger partial charge on any atom is 0.241 e. The number of hydrogen-bond donors (Lipinski definition) is 2. The molecule has 0 spiro atoms. The van der Waals surface area contributed by atoms with E-state index in [-0.39, 0.29) is 11.4 Å². The minimum absolute atomic E-state index is 0.135. The molecule has 0 bridgehead atoms. The first-order valence-electron chi connectivity index (χ1n) is 6.18. The van der Waals surface area contributed by atoms with Crippen molar-refractivity contribution < 1.29 is 17.9 Å². The number of methoxy groups -OCH3 is 2. The van der Waals surface area contributed by atoms with Crippen LogP contribution in [0.15, 0.2) is 29.3 Å². The van der Waals surface area contributed by atoms with Crippen molar-refractivity contribution >= 4 is 10.0 Å². The monoisotopic (exact) mass is 311 g/mol. The second-order valence-electron chi connectivity index (χ2n) is 4.38. The van der Waals surface area contributed by atoms with Crippen LogP contribution in [0.2, 0.25) is 0 Å². The number of hydrogen-bond acceptors (Lipinski definition) is 5. The summed E-state index contributed by atoms with van der Waals surface area (Å²) in [6.07, 6.45) is 1.56. The van der Waals surface area contributed by atoms with Gasteiger partial charge in [-0.25, -0.2) is 13.1 Å². The molecule has 2 rings (SSSR count). The number of nitrogens with one attached hydrogen (secondary N) is 2. The first-order valence-corrected chi connectivity index (χ1v) is 7.67. The van der Waals surface area contributed by atoms with Crippen molar-refractivity contribution in [2.24, 2.45) is 0 Å². The zero-order chi connectivity index (χ0) is 15.5. The summed E-state index contributed by atoms with van der Waals surface area (Å²) in [7, 11) is -0.696. The number of benzene rings is 1. The predicted octanol–water partition coefficient (Wildman–Crippen LogP) is 1.21. The van der Waals surface area contributed by atoms with Crippen LogP contribution in [0.3, 0.4) is 0 Å². The van der Waals surface area contributed by atoms with Gasteiger partial charge in [0.05, 0.1) is 31.4 Å². The van der Waals surface area contributed by atoms with Gasteiger partial charge in [-0.15, -0.1) is 0 Å². The van der Waals surface area contributed by atoms with Gasteiger partial charge in [0.1, 0.15) is 0 Å². The zero-order valence-corrected chi connectivity index (χ0v) is 12.8. The molecule has 0 saturated heterocycles. The summed E-state index contributed by atoms with van der Waals surface area (Å²) in [6.45, 7) is 1.84. The van der Waals surface area contributed by atoms with Crippen molar-refractivity contribution in [1.29, 1.82) is 0 Å². The van der Waals surface area contributed by atoms with Gasteiger partial charge in [0.15, 0.2) is 11.5 Å². The largest absolute Gasteiger partial charge is 0.493 e. The molecular weight excluding hydrogens is 294 g/mol. The molecule has 0 amide bonds. The van der Waals surface area contributed by atoms with E-state index in [4.69, 9.17) is 9.47 Å². The van der Waals surface area contributed by atoms with Crippen LogP contribution >= 0.6 is 0 Å². The van der Waals surface area contributed by atoms with Crippen molar-refractivity contribution in [2.45, 2.75) is 18.4 Å². The number of aryl methyl sites for hydroxylation is 1. The van der Waals surface area contributed by atoms with E-state index in [9.17, 15) is 8.42 Å². The molecule has 1 aromatic heterocycles. The van der Waals surface area contributed by atoms with Crippen LogP contribution in [-0.4, -0.2) is 32.8 Å². The maximum absolute atomic E-state index is 12.4. The van der Waals surface area contributed by atoms with Crippen LogP contribution in [0, 0.1) is 6.92 Å². The van der Waals surface area contributed by atoms with E-state index in [1.165, 1.54) is 20.3 Å². The minimum Gasteiger partial charge on any atom is -0.493 e. The molecule has 114 valence electrons. The summed E-state index contributed by atoms with van der Waals surface area (Å²) < 4.78 is 37.6. The summed E-state index contributed by atoms with van der Waals surface area (Å²) in [5.74, 6) is 0.854. The lowest BCUT2D eigenvalue weighted by molar-refractivity contribution is 0.353. The molecule has 0 saturated carbocycles. The van der Waals surface area contributed by atoms with Gasteiger partial charge in [-0.3, -0.25) is 5.10 Å². The summed E-state index contributed by atoms with van der Waals surface area (Å²) in [5.41, 5.74) is 1.25. The van der Waals surface area contributed by atoms with Crippen LogP contribution in [0.5, 0.6) is 11.5 Å². The van der Waals surface area contributed by atoms with E-state index in [1.54, 1.807) is 25.3 Å². The van der Waals surface area contributed by atoms with Gasteiger partial charge in [-0.05, 0) is 24.6 Å². The number of sulfonamides is 1. The third-order valence-electron chi connectivity index (χ3n) is 2.98. The first-order chi connectivity index (χ1) is 9.97. The highest BCUT2D eigenvalue weighted by Crippen LogP contribution is 2.32. The Bertz CT molecular complexity index is 711. The topological polar surface area (TPSA) is 93.3 Å². The van der Waals surface area contributed by atoms with Crippen molar-refractivity contribution in [2.75, 3.05) is 14.2 Å². The zero-order valence-electron chi connectivity index (χ0n) is 12.0. The highest BCUT2D eigenvalue weighted by atomic mass is 32.2. The quantitative estimate of drug-likeness (QED) is 0.836.